The molecule has 0 radical (unpaired) electrons. The Bertz CT molecular complexity index is 651. The first-order valence-corrected chi connectivity index (χ1v) is 10.5. The fraction of sp³-hybridized carbons (Fsp3) is 0.800. The number of carboxylic acid groups (broad SMARTS) is 1. The number of rotatable bonds is 7. The molecule has 0 unspecified atom stereocenters. The number of hydrogen-bond donors (Lipinski definition) is 3. The van der Waals surface area contributed by atoms with Gasteiger partial charge in [-0.25, -0.2) is 4.79 Å². The van der Waals surface area contributed by atoms with E-state index in [4.69, 9.17) is 5.73 Å². The van der Waals surface area contributed by atoms with E-state index >= 15 is 0 Å². The number of nitrogens with two attached hydrogens (primary N) is 1. The smallest absolute Gasteiger partial charge is 0.326 e. The third-order valence-electron chi connectivity index (χ3n) is 5.89. The molecule has 4 N–H and O–H groups in total. The zero-order chi connectivity index (χ0) is 21.9. The summed E-state index contributed by atoms with van der Waals surface area (Å²) in [6.07, 6.45) is 2.25. The molecule has 0 bridgehead atoms. The molecule has 4 atom stereocenters. The van der Waals surface area contributed by atoms with Crippen LogP contribution in [0.5, 0.6) is 0 Å². The minimum Gasteiger partial charge on any atom is -0.480 e. The number of carboxylic acids is 1. The first-order valence-electron chi connectivity index (χ1n) is 10.5. The SMILES string of the molecule is CC(C)[C@H](N)C(=O)N1CCC[C@H]1C(=O)N[C@H](C(=O)N1CCC[C@H]1C(=O)O)C(C)C. The van der Waals surface area contributed by atoms with Gasteiger partial charge in [0.2, 0.25) is 17.7 Å². The van der Waals surface area contributed by atoms with Crippen molar-refractivity contribution in [2.45, 2.75) is 77.5 Å². The monoisotopic (exact) mass is 410 g/mol. The van der Waals surface area contributed by atoms with Gasteiger partial charge in [-0.1, -0.05) is 27.7 Å². The molecule has 9 heteroatoms. The molecular weight excluding hydrogens is 376 g/mol. The second kappa shape index (κ2) is 9.56. The number of aliphatic carboxylic acids is 1. The van der Waals surface area contributed by atoms with Crippen LogP contribution >= 0.6 is 0 Å². The van der Waals surface area contributed by atoms with E-state index in [9.17, 15) is 24.3 Å². The molecule has 0 aromatic carbocycles. The maximum absolute atomic E-state index is 13.0. The molecule has 2 saturated heterocycles. The van der Waals surface area contributed by atoms with E-state index in [0.717, 1.165) is 0 Å². The standard InChI is InChI=1S/C20H34N4O5/c1-11(2)15(21)18(26)23-9-5-7-13(23)17(25)22-16(12(3)4)19(27)24-10-6-8-14(24)20(28)29/h11-16H,5-10,21H2,1-4H3,(H,22,25)(H,28,29)/t13-,14-,15-,16-/m0/s1. The zero-order valence-electron chi connectivity index (χ0n) is 17.8. The van der Waals surface area contributed by atoms with E-state index in [1.54, 1.807) is 13.8 Å². The van der Waals surface area contributed by atoms with Gasteiger partial charge in [-0.15, -0.1) is 0 Å². The summed E-state index contributed by atoms with van der Waals surface area (Å²) in [5.74, 6) is -2.31. The summed E-state index contributed by atoms with van der Waals surface area (Å²) in [4.78, 5) is 52.9. The van der Waals surface area contributed by atoms with Crippen LogP contribution in [0.15, 0.2) is 0 Å². The first-order chi connectivity index (χ1) is 13.6. The molecule has 3 amide bonds. The predicted octanol–water partition coefficient (Wildman–Crippen LogP) is 0.177. The summed E-state index contributed by atoms with van der Waals surface area (Å²) in [7, 11) is 0. The second-order valence-electron chi connectivity index (χ2n) is 8.72. The van der Waals surface area contributed by atoms with Crippen LogP contribution in [0.2, 0.25) is 0 Å². The lowest BCUT2D eigenvalue weighted by Gasteiger charge is -2.32. The van der Waals surface area contributed by atoms with Gasteiger partial charge in [0.05, 0.1) is 6.04 Å². The highest BCUT2D eigenvalue weighted by molar-refractivity contribution is 5.94. The normalized spacial score (nSPS) is 24.1. The van der Waals surface area contributed by atoms with E-state index in [1.807, 2.05) is 13.8 Å². The Balaban J connectivity index is 2.11. The molecule has 2 rings (SSSR count). The molecule has 9 nitrogen and oxygen atoms in total. The summed E-state index contributed by atoms with van der Waals surface area (Å²) < 4.78 is 0. The van der Waals surface area contributed by atoms with Gasteiger partial charge >= 0.3 is 5.97 Å². The number of likely N-dealkylation sites (tertiary alicyclic amines) is 2. The maximum atomic E-state index is 13.0. The van der Waals surface area contributed by atoms with E-state index in [1.165, 1.54) is 9.80 Å². The molecule has 0 aromatic heterocycles. The molecular formula is C20H34N4O5. The molecule has 0 aromatic rings. The number of nitrogens with one attached hydrogen (secondary N) is 1. The fourth-order valence-corrected chi connectivity index (χ4v) is 4.01. The van der Waals surface area contributed by atoms with Crippen molar-refractivity contribution in [3.63, 3.8) is 0 Å². The summed E-state index contributed by atoms with van der Waals surface area (Å²) in [6.45, 7) is 8.16. The van der Waals surface area contributed by atoms with Crippen molar-refractivity contribution in [2.75, 3.05) is 13.1 Å². The van der Waals surface area contributed by atoms with Crippen LogP contribution < -0.4 is 11.1 Å². The van der Waals surface area contributed by atoms with Gasteiger partial charge in [0.15, 0.2) is 0 Å². The number of carbonyl (C=O) groups excluding carboxylic acids is 3. The quantitative estimate of drug-likeness (QED) is 0.548. The van der Waals surface area contributed by atoms with Crippen LogP contribution in [0, 0.1) is 11.8 Å². The van der Waals surface area contributed by atoms with Gasteiger partial charge in [-0.05, 0) is 37.5 Å². The van der Waals surface area contributed by atoms with Gasteiger partial charge in [-0.3, -0.25) is 14.4 Å². The van der Waals surface area contributed by atoms with Crippen LogP contribution in [0.1, 0.15) is 53.4 Å². The van der Waals surface area contributed by atoms with Crippen LogP contribution in [-0.2, 0) is 19.2 Å². The molecule has 0 aliphatic carbocycles. The van der Waals surface area contributed by atoms with Gasteiger partial charge in [0, 0.05) is 13.1 Å². The van der Waals surface area contributed by atoms with Crippen LogP contribution in [0.4, 0.5) is 0 Å². The average molecular weight is 411 g/mol. The van der Waals surface area contributed by atoms with Gasteiger partial charge in [0.25, 0.3) is 0 Å². The zero-order valence-corrected chi connectivity index (χ0v) is 17.8. The van der Waals surface area contributed by atoms with Crippen LogP contribution in [-0.4, -0.2) is 75.9 Å². The number of hydrogen-bond acceptors (Lipinski definition) is 5. The molecule has 2 aliphatic heterocycles. The third-order valence-corrected chi connectivity index (χ3v) is 5.89. The Morgan fingerprint density at radius 1 is 0.897 bits per heavy atom. The molecule has 29 heavy (non-hydrogen) atoms. The van der Waals surface area contributed by atoms with Crippen molar-refractivity contribution in [3.8, 4) is 0 Å². The Morgan fingerprint density at radius 3 is 1.90 bits per heavy atom. The van der Waals surface area contributed by atoms with Crippen LogP contribution in [0.3, 0.4) is 0 Å². The molecule has 0 saturated carbocycles. The highest BCUT2D eigenvalue weighted by atomic mass is 16.4. The van der Waals surface area contributed by atoms with Crippen molar-refractivity contribution in [1.29, 1.82) is 0 Å². The maximum Gasteiger partial charge on any atom is 0.326 e. The Hall–Kier alpha value is -2.16. The Kier molecular flexibility index (Phi) is 7.62. The summed E-state index contributed by atoms with van der Waals surface area (Å²) in [5.41, 5.74) is 5.99. The van der Waals surface area contributed by atoms with Crippen molar-refractivity contribution in [2.24, 2.45) is 17.6 Å². The fourth-order valence-electron chi connectivity index (χ4n) is 4.01. The lowest BCUT2D eigenvalue weighted by Crippen LogP contribution is -2.58. The molecule has 2 fully saturated rings. The van der Waals surface area contributed by atoms with Crippen molar-refractivity contribution < 1.29 is 24.3 Å². The van der Waals surface area contributed by atoms with Gasteiger partial charge in [0.1, 0.15) is 18.1 Å². The van der Waals surface area contributed by atoms with Crippen molar-refractivity contribution >= 4 is 23.7 Å². The van der Waals surface area contributed by atoms with Gasteiger partial charge < -0.3 is 26.0 Å². The van der Waals surface area contributed by atoms with E-state index < -0.39 is 30.1 Å². The highest BCUT2D eigenvalue weighted by Crippen LogP contribution is 2.23. The average Bonchev–Trinajstić information content (AvgIpc) is 3.32. The van der Waals surface area contributed by atoms with Crippen LogP contribution in [0.25, 0.3) is 0 Å². The van der Waals surface area contributed by atoms with E-state index in [2.05, 4.69) is 5.32 Å². The summed E-state index contributed by atoms with van der Waals surface area (Å²) in [5, 5.41) is 12.2. The topological polar surface area (TPSA) is 133 Å². The minimum atomic E-state index is -1.03. The first kappa shape index (κ1) is 23.1. The molecule has 164 valence electrons. The molecule has 2 heterocycles. The van der Waals surface area contributed by atoms with E-state index in [-0.39, 0.29) is 29.6 Å². The summed E-state index contributed by atoms with van der Waals surface area (Å²) >= 11 is 0. The Morgan fingerprint density at radius 2 is 1.41 bits per heavy atom. The third kappa shape index (κ3) is 5.07. The van der Waals surface area contributed by atoms with Gasteiger partial charge in [-0.2, -0.15) is 0 Å². The molecule has 2 aliphatic rings. The largest absolute Gasteiger partial charge is 0.480 e. The second-order valence-corrected chi connectivity index (χ2v) is 8.72. The van der Waals surface area contributed by atoms with Crippen molar-refractivity contribution in [1.82, 2.24) is 15.1 Å². The number of nitrogens with zero attached hydrogens (tertiary/aromatic N) is 2. The predicted molar refractivity (Wildman–Crippen MR) is 107 cm³/mol. The van der Waals surface area contributed by atoms with Crippen molar-refractivity contribution in [3.05, 3.63) is 0 Å². The molecule has 0 spiro atoms. The highest BCUT2D eigenvalue weighted by Gasteiger charge is 2.41. The number of carbonyl (C=O) groups is 4. The minimum absolute atomic E-state index is 0.0417. The van der Waals surface area contributed by atoms with E-state index in [0.29, 0.717) is 38.8 Å². The lowest BCUT2D eigenvalue weighted by molar-refractivity contribution is -0.150. The summed E-state index contributed by atoms with van der Waals surface area (Å²) in [6, 6.07) is -3.02. The Labute approximate surface area is 172 Å². The number of amides is 3. The lowest BCUT2D eigenvalue weighted by atomic mass is 10.0.